The molecule has 0 spiro atoms. The Morgan fingerprint density at radius 3 is 2.86 bits per heavy atom. The van der Waals surface area contributed by atoms with Crippen molar-refractivity contribution in [2.75, 3.05) is 0 Å². The van der Waals surface area contributed by atoms with Crippen LogP contribution < -0.4 is 0 Å². The predicted molar refractivity (Wildman–Crippen MR) is 60.3 cm³/mol. The van der Waals surface area contributed by atoms with Gasteiger partial charge in [0.1, 0.15) is 6.10 Å². The molecule has 0 saturated heterocycles. The van der Waals surface area contributed by atoms with Crippen LogP contribution in [0.4, 0.5) is 0 Å². The van der Waals surface area contributed by atoms with Crippen LogP contribution in [-0.2, 0) is 0 Å². The van der Waals surface area contributed by atoms with E-state index in [0.29, 0.717) is 0 Å². The standard InChI is InChI=1S/C10H8BrNOS/c11-8-3-5-14-10(8)9(13)7-2-1-4-12-6-7/h1-6,9,13H. The number of halogens is 1. The molecule has 0 bridgehead atoms. The summed E-state index contributed by atoms with van der Waals surface area (Å²) in [6.45, 7) is 0. The van der Waals surface area contributed by atoms with Crippen LogP contribution in [0.5, 0.6) is 0 Å². The summed E-state index contributed by atoms with van der Waals surface area (Å²) in [5.74, 6) is 0. The van der Waals surface area contributed by atoms with Gasteiger partial charge >= 0.3 is 0 Å². The number of aromatic nitrogens is 1. The van der Waals surface area contributed by atoms with E-state index >= 15 is 0 Å². The Labute approximate surface area is 94.4 Å². The monoisotopic (exact) mass is 269 g/mol. The van der Waals surface area contributed by atoms with Gasteiger partial charge in [-0.25, -0.2) is 0 Å². The number of nitrogens with zero attached hydrogens (tertiary/aromatic N) is 1. The van der Waals surface area contributed by atoms with E-state index in [-0.39, 0.29) is 0 Å². The molecule has 1 unspecified atom stereocenters. The van der Waals surface area contributed by atoms with Gasteiger partial charge in [0.2, 0.25) is 0 Å². The Bertz CT molecular complexity index is 415. The van der Waals surface area contributed by atoms with Gasteiger partial charge in [-0.3, -0.25) is 4.98 Å². The van der Waals surface area contributed by atoms with Crippen LogP contribution in [-0.4, -0.2) is 10.1 Å². The van der Waals surface area contributed by atoms with Crippen molar-refractivity contribution in [1.29, 1.82) is 0 Å². The van der Waals surface area contributed by atoms with Crippen LogP contribution in [0.25, 0.3) is 0 Å². The fourth-order valence-electron chi connectivity index (χ4n) is 1.19. The van der Waals surface area contributed by atoms with Crippen LogP contribution in [0.2, 0.25) is 0 Å². The molecule has 72 valence electrons. The van der Waals surface area contributed by atoms with Crippen molar-refractivity contribution in [3.8, 4) is 0 Å². The summed E-state index contributed by atoms with van der Waals surface area (Å²) >= 11 is 4.92. The quantitative estimate of drug-likeness (QED) is 0.910. The number of hydrogen-bond acceptors (Lipinski definition) is 3. The highest BCUT2D eigenvalue weighted by atomic mass is 79.9. The average molecular weight is 270 g/mol. The molecule has 0 aliphatic rings. The number of rotatable bonds is 2. The summed E-state index contributed by atoms with van der Waals surface area (Å²) in [5.41, 5.74) is 0.815. The van der Waals surface area contributed by atoms with E-state index in [0.717, 1.165) is 14.9 Å². The number of pyridine rings is 1. The SMILES string of the molecule is OC(c1cccnc1)c1sccc1Br. The van der Waals surface area contributed by atoms with Gasteiger partial charge in [-0.1, -0.05) is 6.07 Å². The number of thiophene rings is 1. The lowest BCUT2D eigenvalue weighted by atomic mass is 10.1. The summed E-state index contributed by atoms with van der Waals surface area (Å²) in [4.78, 5) is 4.89. The zero-order chi connectivity index (χ0) is 9.97. The smallest absolute Gasteiger partial charge is 0.116 e. The van der Waals surface area contributed by atoms with E-state index in [4.69, 9.17) is 0 Å². The summed E-state index contributed by atoms with van der Waals surface area (Å²) in [5, 5.41) is 11.9. The van der Waals surface area contributed by atoms with Gasteiger partial charge in [-0.15, -0.1) is 11.3 Å². The molecule has 1 atom stereocenters. The molecule has 0 aromatic carbocycles. The second-order valence-corrected chi connectivity index (χ2v) is 4.62. The van der Waals surface area contributed by atoms with Crippen LogP contribution in [0.1, 0.15) is 16.5 Å². The molecular weight excluding hydrogens is 262 g/mol. The second kappa shape index (κ2) is 4.21. The van der Waals surface area contributed by atoms with Gasteiger partial charge in [-0.05, 0) is 33.4 Å². The minimum absolute atomic E-state index is 0.585. The van der Waals surface area contributed by atoms with E-state index in [1.165, 1.54) is 11.3 Å². The molecule has 2 aromatic rings. The molecule has 0 aliphatic heterocycles. The Kier molecular flexibility index (Phi) is 2.96. The molecule has 0 radical (unpaired) electrons. The highest BCUT2D eigenvalue weighted by Gasteiger charge is 2.14. The Balaban J connectivity index is 2.34. The van der Waals surface area contributed by atoms with E-state index in [9.17, 15) is 5.11 Å². The lowest BCUT2D eigenvalue weighted by Crippen LogP contribution is -1.97. The van der Waals surface area contributed by atoms with Crippen molar-refractivity contribution >= 4 is 27.3 Å². The van der Waals surface area contributed by atoms with Crippen molar-refractivity contribution in [1.82, 2.24) is 4.98 Å². The molecule has 2 heterocycles. The lowest BCUT2D eigenvalue weighted by molar-refractivity contribution is 0.223. The van der Waals surface area contributed by atoms with Crippen LogP contribution >= 0.6 is 27.3 Å². The zero-order valence-corrected chi connectivity index (χ0v) is 9.62. The number of aliphatic hydroxyl groups excluding tert-OH is 1. The van der Waals surface area contributed by atoms with Crippen molar-refractivity contribution in [2.24, 2.45) is 0 Å². The molecule has 2 aromatic heterocycles. The summed E-state index contributed by atoms with van der Waals surface area (Å²) in [6.07, 6.45) is 2.79. The maximum Gasteiger partial charge on any atom is 0.116 e. The minimum Gasteiger partial charge on any atom is -0.383 e. The second-order valence-electron chi connectivity index (χ2n) is 2.82. The van der Waals surface area contributed by atoms with Crippen LogP contribution in [0.3, 0.4) is 0 Å². The molecule has 4 heteroatoms. The Morgan fingerprint density at radius 2 is 2.29 bits per heavy atom. The first-order chi connectivity index (χ1) is 6.79. The normalized spacial score (nSPS) is 12.7. The Hall–Kier alpha value is -0.710. The first-order valence-corrected chi connectivity index (χ1v) is 5.77. The maximum absolute atomic E-state index is 10.0. The lowest BCUT2D eigenvalue weighted by Gasteiger charge is -2.08. The van der Waals surface area contributed by atoms with Gasteiger partial charge < -0.3 is 5.11 Å². The van der Waals surface area contributed by atoms with Crippen molar-refractivity contribution in [3.63, 3.8) is 0 Å². The fraction of sp³-hybridized carbons (Fsp3) is 0.100. The fourth-order valence-corrected chi connectivity index (χ4v) is 2.79. The first-order valence-electron chi connectivity index (χ1n) is 4.10. The minimum atomic E-state index is -0.585. The van der Waals surface area contributed by atoms with E-state index < -0.39 is 6.10 Å². The summed E-state index contributed by atoms with van der Waals surface area (Å²) < 4.78 is 0.943. The number of hydrogen-bond donors (Lipinski definition) is 1. The topological polar surface area (TPSA) is 33.1 Å². The Morgan fingerprint density at radius 1 is 1.43 bits per heavy atom. The molecule has 0 aliphatic carbocycles. The van der Waals surface area contributed by atoms with E-state index in [1.54, 1.807) is 12.4 Å². The largest absolute Gasteiger partial charge is 0.383 e. The van der Waals surface area contributed by atoms with Crippen molar-refractivity contribution in [2.45, 2.75) is 6.10 Å². The van der Waals surface area contributed by atoms with E-state index in [2.05, 4.69) is 20.9 Å². The molecule has 0 amide bonds. The summed E-state index contributed by atoms with van der Waals surface area (Å²) in [7, 11) is 0. The molecule has 0 saturated carbocycles. The molecule has 2 nitrogen and oxygen atoms in total. The maximum atomic E-state index is 10.0. The molecular formula is C10H8BrNOS. The average Bonchev–Trinajstić information content (AvgIpc) is 2.65. The first kappa shape index (κ1) is 9.83. The molecule has 2 rings (SSSR count). The highest BCUT2D eigenvalue weighted by Crippen LogP contribution is 2.32. The van der Waals surface area contributed by atoms with Gasteiger partial charge in [-0.2, -0.15) is 0 Å². The van der Waals surface area contributed by atoms with Gasteiger partial charge in [0.25, 0.3) is 0 Å². The van der Waals surface area contributed by atoms with Crippen LogP contribution in [0.15, 0.2) is 40.4 Å². The van der Waals surface area contributed by atoms with Gasteiger partial charge in [0, 0.05) is 22.4 Å². The highest BCUT2D eigenvalue weighted by molar-refractivity contribution is 9.10. The number of aliphatic hydroxyl groups is 1. The zero-order valence-electron chi connectivity index (χ0n) is 7.22. The van der Waals surface area contributed by atoms with Crippen LogP contribution in [0, 0.1) is 0 Å². The van der Waals surface area contributed by atoms with Gasteiger partial charge in [0.05, 0.1) is 4.88 Å². The molecule has 1 N–H and O–H groups in total. The third-order valence-corrected chi connectivity index (χ3v) is 3.82. The molecule has 0 fully saturated rings. The third kappa shape index (κ3) is 1.87. The summed E-state index contributed by atoms with van der Waals surface area (Å²) in [6, 6.07) is 5.61. The molecule has 14 heavy (non-hydrogen) atoms. The van der Waals surface area contributed by atoms with Gasteiger partial charge in [0.15, 0.2) is 0 Å². The predicted octanol–water partition coefficient (Wildman–Crippen LogP) is 2.99. The van der Waals surface area contributed by atoms with E-state index in [1.807, 2.05) is 23.6 Å². The third-order valence-electron chi connectivity index (χ3n) is 1.89. The van der Waals surface area contributed by atoms with Crippen molar-refractivity contribution < 1.29 is 5.11 Å². The van der Waals surface area contributed by atoms with Crippen molar-refractivity contribution in [3.05, 3.63) is 50.9 Å².